The summed E-state index contributed by atoms with van der Waals surface area (Å²) in [5, 5.41) is 9.00. The quantitative estimate of drug-likeness (QED) is 0.414. The number of ether oxygens (including phenoxy) is 1. The topological polar surface area (TPSA) is 101 Å². The largest absolute Gasteiger partial charge is 0.495 e. The molecule has 3 aromatic rings. The predicted octanol–water partition coefficient (Wildman–Crippen LogP) is 5.03. The van der Waals surface area contributed by atoms with Crippen LogP contribution in [0.1, 0.15) is 44.7 Å². The molecule has 2 amide bonds. The number of carbonyl (C=O) groups is 1. The zero-order valence-corrected chi connectivity index (χ0v) is 18.8. The molecular formula is C24H30N6O2. The molecule has 0 radical (unpaired) electrons. The first-order valence-electron chi connectivity index (χ1n) is 10.9. The van der Waals surface area contributed by atoms with E-state index in [2.05, 4.69) is 38.9 Å². The summed E-state index contributed by atoms with van der Waals surface area (Å²) in [4.78, 5) is 25.3. The molecule has 0 bridgehead atoms. The van der Waals surface area contributed by atoms with E-state index in [9.17, 15) is 4.79 Å². The van der Waals surface area contributed by atoms with E-state index >= 15 is 0 Å². The Kier molecular flexibility index (Phi) is 8.36. The van der Waals surface area contributed by atoms with Gasteiger partial charge < -0.3 is 20.7 Å². The van der Waals surface area contributed by atoms with Crippen molar-refractivity contribution in [1.82, 2.24) is 20.3 Å². The lowest BCUT2D eigenvalue weighted by atomic mass is 10.0. The highest BCUT2D eigenvalue weighted by Crippen LogP contribution is 2.31. The molecule has 3 rings (SSSR count). The van der Waals surface area contributed by atoms with Gasteiger partial charge in [0.15, 0.2) is 0 Å². The molecule has 0 fully saturated rings. The minimum atomic E-state index is -0.280. The van der Waals surface area contributed by atoms with Crippen LogP contribution in [-0.2, 0) is 0 Å². The van der Waals surface area contributed by atoms with E-state index in [-0.39, 0.29) is 12.1 Å². The first-order chi connectivity index (χ1) is 15.6. The van der Waals surface area contributed by atoms with Crippen LogP contribution in [0.25, 0.3) is 11.3 Å². The van der Waals surface area contributed by atoms with Gasteiger partial charge in [-0.2, -0.15) is 0 Å². The van der Waals surface area contributed by atoms with Crippen LogP contribution in [0.2, 0.25) is 0 Å². The Balaban J connectivity index is 1.82. The van der Waals surface area contributed by atoms with E-state index in [1.165, 1.54) is 0 Å². The molecule has 0 unspecified atom stereocenters. The van der Waals surface area contributed by atoms with Gasteiger partial charge in [-0.1, -0.05) is 31.9 Å². The summed E-state index contributed by atoms with van der Waals surface area (Å²) in [7, 11) is 1.57. The highest BCUT2D eigenvalue weighted by molar-refractivity contribution is 5.91. The van der Waals surface area contributed by atoms with Gasteiger partial charge in [-0.15, -0.1) is 0 Å². The second-order valence-electron chi connectivity index (χ2n) is 7.31. The van der Waals surface area contributed by atoms with Gasteiger partial charge in [-0.05, 0) is 37.1 Å². The first-order valence-corrected chi connectivity index (χ1v) is 10.9. The highest BCUT2D eigenvalue weighted by atomic mass is 16.5. The number of hydrogen-bond acceptors (Lipinski definition) is 6. The molecule has 0 spiro atoms. The molecule has 168 valence electrons. The Morgan fingerprint density at radius 2 is 2.00 bits per heavy atom. The fourth-order valence-corrected chi connectivity index (χ4v) is 3.35. The summed E-state index contributed by atoms with van der Waals surface area (Å²) in [6.45, 7) is 4.58. The maximum atomic E-state index is 11.9. The summed E-state index contributed by atoms with van der Waals surface area (Å²) in [6, 6.07) is 9.36. The lowest BCUT2D eigenvalue weighted by molar-refractivity contribution is 0.252. The number of rotatable bonds is 10. The third kappa shape index (κ3) is 6.16. The molecule has 1 atom stereocenters. The Bertz CT molecular complexity index is 1010. The molecule has 0 aliphatic carbocycles. The second kappa shape index (κ2) is 11.6. The first kappa shape index (κ1) is 23.0. The lowest BCUT2D eigenvalue weighted by Gasteiger charge is -2.19. The predicted molar refractivity (Wildman–Crippen MR) is 127 cm³/mol. The van der Waals surface area contributed by atoms with Crippen LogP contribution in [0.4, 0.5) is 16.3 Å². The minimum Gasteiger partial charge on any atom is -0.495 e. The fourth-order valence-electron chi connectivity index (χ4n) is 3.35. The van der Waals surface area contributed by atoms with Crippen molar-refractivity contribution in [3.8, 4) is 17.0 Å². The van der Waals surface area contributed by atoms with Crippen molar-refractivity contribution < 1.29 is 9.53 Å². The number of benzene rings is 1. The molecular weight excluding hydrogens is 404 g/mol. The summed E-state index contributed by atoms with van der Waals surface area (Å²) in [5.74, 6) is 1.24. The Labute approximate surface area is 188 Å². The van der Waals surface area contributed by atoms with Gasteiger partial charge in [-0.25, -0.2) is 9.78 Å². The van der Waals surface area contributed by atoms with E-state index < -0.39 is 0 Å². The Morgan fingerprint density at radius 1 is 1.12 bits per heavy atom. The van der Waals surface area contributed by atoms with E-state index in [4.69, 9.17) is 9.72 Å². The summed E-state index contributed by atoms with van der Waals surface area (Å²) in [5.41, 5.74) is 3.25. The number of urea groups is 1. The van der Waals surface area contributed by atoms with E-state index in [1.54, 1.807) is 31.8 Å². The average Bonchev–Trinajstić information content (AvgIpc) is 2.83. The van der Waals surface area contributed by atoms with Crippen molar-refractivity contribution in [2.24, 2.45) is 0 Å². The number of aromatic nitrogens is 3. The van der Waals surface area contributed by atoms with E-state index in [1.807, 2.05) is 31.3 Å². The van der Waals surface area contributed by atoms with Crippen molar-refractivity contribution in [2.45, 2.75) is 39.2 Å². The third-order valence-corrected chi connectivity index (χ3v) is 4.97. The van der Waals surface area contributed by atoms with Gasteiger partial charge >= 0.3 is 6.03 Å². The number of carbonyl (C=O) groups excluding carboxylic acids is 1. The van der Waals surface area contributed by atoms with Crippen LogP contribution in [0.3, 0.4) is 0 Å². The molecule has 2 heterocycles. The Morgan fingerprint density at radius 3 is 2.72 bits per heavy atom. The van der Waals surface area contributed by atoms with Crippen molar-refractivity contribution in [3.63, 3.8) is 0 Å². The molecule has 0 saturated carbocycles. The molecule has 8 heteroatoms. The normalized spacial score (nSPS) is 11.5. The monoisotopic (exact) mass is 434 g/mol. The molecule has 3 N–H and O–H groups in total. The zero-order valence-electron chi connectivity index (χ0n) is 18.8. The van der Waals surface area contributed by atoms with Crippen molar-refractivity contribution in [2.75, 3.05) is 24.3 Å². The van der Waals surface area contributed by atoms with Gasteiger partial charge in [-0.3, -0.25) is 9.97 Å². The molecule has 32 heavy (non-hydrogen) atoms. The van der Waals surface area contributed by atoms with Crippen LogP contribution in [0, 0.1) is 0 Å². The van der Waals surface area contributed by atoms with Crippen LogP contribution in [0.5, 0.6) is 5.75 Å². The van der Waals surface area contributed by atoms with Gasteiger partial charge in [0, 0.05) is 24.5 Å². The van der Waals surface area contributed by atoms with Crippen LogP contribution < -0.4 is 20.7 Å². The molecule has 8 nitrogen and oxygen atoms in total. The third-order valence-electron chi connectivity index (χ3n) is 4.97. The number of nitrogens with zero attached hydrogens (tertiary/aromatic N) is 3. The van der Waals surface area contributed by atoms with Gasteiger partial charge in [0.1, 0.15) is 11.6 Å². The standard InChI is InChI=1S/C24H30N6O2/c1-4-6-9-19(18-8-7-12-25-14-18)28-23-16-26-15-21(29-23)17-10-11-20(22(13-17)32-3)30-24(31)27-5-2/h7-8,10-16,19H,4-6,9H2,1-3H3,(H,28,29)(H2,27,30,31)/t19-/m0/s1. The number of unbranched alkanes of at least 4 members (excludes halogenated alkanes) is 1. The smallest absolute Gasteiger partial charge is 0.319 e. The summed E-state index contributed by atoms with van der Waals surface area (Å²) >= 11 is 0. The number of pyridine rings is 1. The maximum absolute atomic E-state index is 11.9. The number of hydrogen-bond donors (Lipinski definition) is 3. The lowest BCUT2D eigenvalue weighted by Crippen LogP contribution is -2.28. The van der Waals surface area contributed by atoms with Crippen LogP contribution in [0.15, 0.2) is 55.1 Å². The highest BCUT2D eigenvalue weighted by Gasteiger charge is 2.14. The minimum absolute atomic E-state index is 0.103. The SMILES string of the molecule is CCCC[C@H](Nc1cncc(-c2ccc(NC(=O)NCC)c(OC)c2)n1)c1cccnc1. The van der Waals surface area contributed by atoms with Crippen LogP contribution >= 0.6 is 0 Å². The summed E-state index contributed by atoms with van der Waals surface area (Å²) in [6.07, 6.45) is 10.3. The van der Waals surface area contributed by atoms with Gasteiger partial charge in [0.25, 0.3) is 0 Å². The van der Waals surface area contributed by atoms with Gasteiger partial charge in [0.2, 0.25) is 0 Å². The van der Waals surface area contributed by atoms with Crippen LogP contribution in [-0.4, -0.2) is 34.6 Å². The second-order valence-corrected chi connectivity index (χ2v) is 7.31. The van der Waals surface area contributed by atoms with Crippen molar-refractivity contribution in [1.29, 1.82) is 0 Å². The Hall–Kier alpha value is -3.68. The van der Waals surface area contributed by atoms with E-state index in [0.29, 0.717) is 29.5 Å². The maximum Gasteiger partial charge on any atom is 0.319 e. The number of anilines is 2. The van der Waals surface area contributed by atoms with E-state index in [0.717, 1.165) is 30.4 Å². The van der Waals surface area contributed by atoms with Crippen molar-refractivity contribution in [3.05, 3.63) is 60.7 Å². The van der Waals surface area contributed by atoms with Crippen molar-refractivity contribution >= 4 is 17.5 Å². The summed E-state index contributed by atoms with van der Waals surface area (Å²) < 4.78 is 5.47. The zero-order chi connectivity index (χ0) is 22.8. The molecule has 0 aliphatic rings. The van der Waals surface area contributed by atoms with Gasteiger partial charge in [0.05, 0.1) is 36.9 Å². The average molecular weight is 435 g/mol. The molecule has 0 saturated heterocycles. The number of amides is 2. The molecule has 2 aromatic heterocycles. The fraction of sp³-hybridized carbons (Fsp3) is 0.333. The molecule has 1 aromatic carbocycles. The number of nitrogens with one attached hydrogen (secondary N) is 3. The molecule has 0 aliphatic heterocycles. The number of methoxy groups -OCH3 is 1.